The van der Waals surface area contributed by atoms with Gasteiger partial charge >= 0.3 is 24.0 Å². The van der Waals surface area contributed by atoms with Crippen molar-refractivity contribution in [2.45, 2.75) is 37.8 Å². The summed E-state index contributed by atoms with van der Waals surface area (Å²) in [6.07, 6.45) is 0.671. The molecule has 0 saturated carbocycles. The Morgan fingerprint density at radius 3 is 1.42 bits per heavy atom. The van der Waals surface area contributed by atoms with Crippen LogP contribution in [0.15, 0.2) is 34.5 Å². The molecule has 4 amide bonds. The first-order valence-electron chi connectivity index (χ1n) is 12.4. The molecule has 2 bridgehead atoms. The Bertz CT molecular complexity index is 1210. The molecular formula is C24H28N8O6. The van der Waals surface area contributed by atoms with Crippen molar-refractivity contribution in [2.75, 3.05) is 40.4 Å². The Morgan fingerprint density at radius 2 is 1.05 bits per heavy atom. The molecule has 6 heterocycles. The number of nitrogens with zero attached hydrogens (tertiary/aromatic N) is 8. The number of carbonyl (C=O) groups is 4. The molecule has 1 aromatic rings. The summed E-state index contributed by atoms with van der Waals surface area (Å²) in [6, 6.07) is 6.51. The van der Waals surface area contributed by atoms with Crippen molar-refractivity contribution in [1.29, 1.82) is 0 Å². The predicted octanol–water partition coefficient (Wildman–Crippen LogP) is 0.603. The standard InChI is InChI=1S/C24H28N8O6/c1-23-9-11-29-21(35)27(3)25-17(31(23)29)15-5-7-16(8-6-15)18-26-28(4)22(36)30-12-10-24(2,32(18)30)20(34)38-14-13-37-19(23)33/h5-8H,9-14H2,1-4H3. The second kappa shape index (κ2) is 8.07. The number of fused-ring (bicyclic) bond motifs is 7. The van der Waals surface area contributed by atoms with Gasteiger partial charge < -0.3 is 9.47 Å². The fourth-order valence-electron chi connectivity index (χ4n) is 5.52. The van der Waals surface area contributed by atoms with Gasteiger partial charge in [-0.2, -0.15) is 0 Å². The van der Waals surface area contributed by atoms with Gasteiger partial charge in [0.25, 0.3) is 0 Å². The highest BCUT2D eigenvalue weighted by atomic mass is 16.6. The number of ether oxygens (including phenoxy) is 2. The van der Waals surface area contributed by atoms with E-state index < -0.39 is 23.0 Å². The van der Waals surface area contributed by atoms with Crippen LogP contribution in [0.4, 0.5) is 9.59 Å². The van der Waals surface area contributed by atoms with Crippen molar-refractivity contribution in [1.82, 2.24) is 30.1 Å². The van der Waals surface area contributed by atoms with Crippen LogP contribution in [0, 0.1) is 0 Å². The summed E-state index contributed by atoms with van der Waals surface area (Å²) in [5.74, 6) is -0.274. The minimum atomic E-state index is -1.19. The lowest BCUT2D eigenvalue weighted by molar-refractivity contribution is -0.165. The minimum absolute atomic E-state index is 0.162. The number of hydrogen-bond donors (Lipinski definition) is 0. The van der Waals surface area contributed by atoms with E-state index in [1.807, 2.05) is 0 Å². The van der Waals surface area contributed by atoms with E-state index in [-0.39, 0.29) is 25.3 Å². The Hall–Kier alpha value is -4.36. The third kappa shape index (κ3) is 3.18. The number of esters is 2. The highest BCUT2D eigenvalue weighted by Gasteiger charge is 2.56. The molecule has 14 nitrogen and oxygen atoms in total. The van der Waals surface area contributed by atoms with E-state index >= 15 is 0 Å². The molecule has 2 saturated heterocycles. The fourth-order valence-corrected chi connectivity index (χ4v) is 5.52. The van der Waals surface area contributed by atoms with E-state index in [9.17, 15) is 19.2 Å². The molecule has 0 aliphatic carbocycles. The van der Waals surface area contributed by atoms with Crippen LogP contribution in [0.2, 0.25) is 0 Å². The third-order valence-electron chi connectivity index (χ3n) is 7.76. The fraction of sp³-hybridized carbons (Fsp3) is 0.500. The Labute approximate surface area is 218 Å². The number of hydrazine groups is 2. The molecule has 2 unspecified atom stereocenters. The largest absolute Gasteiger partial charge is 0.460 e. The molecule has 14 heteroatoms. The lowest BCUT2D eigenvalue weighted by atomic mass is 9.97. The van der Waals surface area contributed by atoms with Gasteiger partial charge in [-0.3, -0.25) is 0 Å². The van der Waals surface area contributed by atoms with Crippen LogP contribution >= 0.6 is 0 Å². The molecular weight excluding hydrogens is 496 g/mol. The topological polar surface area (TPSA) is 131 Å². The van der Waals surface area contributed by atoms with Crippen molar-refractivity contribution < 1.29 is 28.7 Å². The van der Waals surface area contributed by atoms with Gasteiger partial charge in [0, 0.05) is 51.2 Å². The smallest absolute Gasteiger partial charge is 0.359 e. The maximum atomic E-state index is 13.3. The SMILES string of the molecule is CN1N=C2c3ccc(cc3)C3=NN(C)C(=O)N4CCC(C)(C(=O)OCCOC(=O)C5(C)CCN(C1=O)N25)N34. The molecule has 2 fully saturated rings. The molecule has 7 rings (SSSR count). The highest BCUT2D eigenvalue weighted by molar-refractivity contribution is 6.07. The first-order valence-corrected chi connectivity index (χ1v) is 12.4. The third-order valence-corrected chi connectivity index (χ3v) is 7.76. The van der Waals surface area contributed by atoms with E-state index in [0.29, 0.717) is 48.7 Å². The molecule has 6 aliphatic heterocycles. The zero-order valence-corrected chi connectivity index (χ0v) is 21.6. The first kappa shape index (κ1) is 24.0. The molecule has 6 aliphatic rings. The van der Waals surface area contributed by atoms with Crippen LogP contribution in [-0.2, 0) is 19.1 Å². The van der Waals surface area contributed by atoms with E-state index in [4.69, 9.17) is 9.47 Å². The highest BCUT2D eigenvalue weighted by Crippen LogP contribution is 2.38. The molecule has 0 aromatic heterocycles. The number of rotatable bonds is 0. The Morgan fingerprint density at radius 1 is 0.684 bits per heavy atom. The van der Waals surface area contributed by atoms with Crippen molar-refractivity contribution in [2.24, 2.45) is 10.2 Å². The van der Waals surface area contributed by atoms with Gasteiger partial charge in [-0.1, -0.05) is 24.3 Å². The van der Waals surface area contributed by atoms with Crippen LogP contribution in [0.3, 0.4) is 0 Å². The number of carbonyl (C=O) groups excluding carboxylic acids is 4. The molecule has 0 spiro atoms. The van der Waals surface area contributed by atoms with E-state index in [1.165, 1.54) is 20.0 Å². The number of amidine groups is 2. The van der Waals surface area contributed by atoms with Crippen LogP contribution in [0.25, 0.3) is 0 Å². The predicted molar refractivity (Wildman–Crippen MR) is 131 cm³/mol. The molecule has 0 N–H and O–H groups in total. The summed E-state index contributed by atoms with van der Waals surface area (Å²) in [5.41, 5.74) is -1.07. The zero-order chi connectivity index (χ0) is 27.0. The van der Waals surface area contributed by atoms with Crippen molar-refractivity contribution in [3.63, 3.8) is 0 Å². The number of benzene rings is 1. The zero-order valence-electron chi connectivity index (χ0n) is 21.6. The maximum Gasteiger partial charge on any atom is 0.359 e. The number of hydrogen-bond acceptors (Lipinski definition) is 10. The second-order valence-corrected chi connectivity index (χ2v) is 10.2. The van der Waals surface area contributed by atoms with Gasteiger partial charge in [-0.05, 0) is 13.8 Å². The van der Waals surface area contributed by atoms with E-state index in [1.54, 1.807) is 62.2 Å². The molecule has 2 atom stereocenters. The van der Waals surface area contributed by atoms with E-state index in [0.717, 1.165) is 0 Å². The monoisotopic (exact) mass is 524 g/mol. The minimum Gasteiger partial charge on any atom is -0.460 e. The molecule has 38 heavy (non-hydrogen) atoms. The second-order valence-electron chi connectivity index (χ2n) is 10.2. The average Bonchev–Trinajstić information content (AvgIpc) is 3.45. The van der Waals surface area contributed by atoms with Gasteiger partial charge in [0.15, 0.2) is 22.7 Å². The van der Waals surface area contributed by atoms with Gasteiger partial charge in [0.05, 0.1) is 0 Å². The van der Waals surface area contributed by atoms with E-state index in [2.05, 4.69) is 10.2 Å². The normalized spacial score (nSPS) is 29.3. The van der Waals surface area contributed by atoms with Crippen LogP contribution in [0.5, 0.6) is 0 Å². The van der Waals surface area contributed by atoms with Crippen LogP contribution in [-0.4, -0.2) is 117 Å². The summed E-state index contributed by atoms with van der Waals surface area (Å²) in [7, 11) is 3.13. The van der Waals surface area contributed by atoms with Gasteiger partial charge in [0.2, 0.25) is 0 Å². The lowest BCUT2D eigenvalue weighted by Crippen LogP contribution is -2.62. The lowest BCUT2D eigenvalue weighted by Gasteiger charge is -2.43. The summed E-state index contributed by atoms with van der Waals surface area (Å²) in [5, 5.41) is 17.6. The summed E-state index contributed by atoms with van der Waals surface area (Å²) >= 11 is 0. The molecule has 0 radical (unpaired) electrons. The first-order chi connectivity index (χ1) is 18.1. The summed E-state index contributed by atoms with van der Waals surface area (Å²) in [4.78, 5) is 52.4. The Kier molecular flexibility index (Phi) is 5.10. The number of urea groups is 2. The maximum absolute atomic E-state index is 13.3. The van der Waals surface area contributed by atoms with Gasteiger partial charge in [-0.25, -0.2) is 49.2 Å². The van der Waals surface area contributed by atoms with Crippen molar-refractivity contribution in [3.8, 4) is 0 Å². The number of amides is 4. The summed E-state index contributed by atoms with van der Waals surface area (Å²) in [6.45, 7) is 3.71. The van der Waals surface area contributed by atoms with Crippen LogP contribution in [0.1, 0.15) is 37.8 Å². The Balaban J connectivity index is 1.49. The summed E-state index contributed by atoms with van der Waals surface area (Å²) < 4.78 is 11.1. The van der Waals surface area contributed by atoms with Crippen LogP contribution < -0.4 is 0 Å². The van der Waals surface area contributed by atoms with Crippen molar-refractivity contribution >= 4 is 35.7 Å². The molecule has 1 aromatic carbocycles. The van der Waals surface area contributed by atoms with Gasteiger partial charge in [0.1, 0.15) is 13.2 Å². The van der Waals surface area contributed by atoms with Gasteiger partial charge in [-0.15, -0.1) is 10.2 Å². The van der Waals surface area contributed by atoms with Crippen molar-refractivity contribution in [3.05, 3.63) is 35.4 Å². The molecule has 200 valence electrons. The average molecular weight is 525 g/mol. The quantitative estimate of drug-likeness (QED) is 0.451. The number of hydrazone groups is 2.